The number of hydrogen-bond donors (Lipinski definition) is 3. The largest absolute Gasteiger partial charge is 0.384 e. The van der Waals surface area contributed by atoms with Crippen molar-refractivity contribution >= 4 is 11.6 Å². The number of anilines is 1. The second-order valence-electron chi connectivity index (χ2n) is 4.03. The third kappa shape index (κ3) is 2.02. The summed E-state index contributed by atoms with van der Waals surface area (Å²) in [7, 11) is 1.92. The number of likely N-dealkylation sites (N-methyl/N-ethyl adjacent to an activating group) is 1. The van der Waals surface area contributed by atoms with Crippen molar-refractivity contribution in [3.05, 3.63) is 28.8 Å². The van der Waals surface area contributed by atoms with Gasteiger partial charge in [-0.2, -0.15) is 0 Å². The molecule has 4 nitrogen and oxygen atoms in total. The number of aryl methyl sites for hydroxylation is 1. The highest BCUT2D eigenvalue weighted by atomic mass is 16.1. The lowest BCUT2D eigenvalue weighted by molar-refractivity contribution is 0.0966. The van der Waals surface area contributed by atoms with Gasteiger partial charge in [0.2, 0.25) is 0 Å². The first-order valence-electron chi connectivity index (χ1n) is 5.52. The normalized spacial score (nSPS) is 13.5. The van der Waals surface area contributed by atoms with Crippen LogP contribution in [0.2, 0.25) is 0 Å². The molecule has 4 heteroatoms. The highest BCUT2D eigenvalue weighted by Crippen LogP contribution is 2.24. The van der Waals surface area contributed by atoms with E-state index in [9.17, 15) is 4.79 Å². The van der Waals surface area contributed by atoms with Crippen molar-refractivity contribution in [1.29, 1.82) is 0 Å². The lowest BCUT2D eigenvalue weighted by Gasteiger charge is -2.09. The molecule has 1 aromatic rings. The van der Waals surface area contributed by atoms with Gasteiger partial charge < -0.3 is 16.0 Å². The zero-order valence-electron chi connectivity index (χ0n) is 9.68. The molecule has 0 spiro atoms. The monoisotopic (exact) mass is 219 g/mol. The number of nitrogens with one attached hydrogen (secondary N) is 3. The zero-order valence-corrected chi connectivity index (χ0v) is 9.68. The molecule has 1 aromatic carbocycles. The number of fused-ring (bicyclic) bond motifs is 1. The van der Waals surface area contributed by atoms with E-state index < -0.39 is 0 Å². The lowest BCUT2D eigenvalue weighted by Crippen LogP contribution is -2.18. The van der Waals surface area contributed by atoms with Gasteiger partial charge in [-0.05, 0) is 37.2 Å². The van der Waals surface area contributed by atoms with Gasteiger partial charge >= 0.3 is 0 Å². The predicted octanol–water partition coefficient (Wildman–Crippen LogP) is 0.870. The Hall–Kier alpha value is -1.55. The van der Waals surface area contributed by atoms with E-state index in [1.165, 1.54) is 5.56 Å². The van der Waals surface area contributed by atoms with Gasteiger partial charge in [-0.15, -0.1) is 0 Å². The molecule has 0 saturated heterocycles. The molecule has 1 aliphatic rings. The van der Waals surface area contributed by atoms with Crippen LogP contribution < -0.4 is 16.0 Å². The number of benzene rings is 1. The van der Waals surface area contributed by atoms with Crippen LogP contribution in [0.4, 0.5) is 5.69 Å². The quantitative estimate of drug-likeness (QED) is 0.659. The minimum Gasteiger partial charge on any atom is -0.384 e. The van der Waals surface area contributed by atoms with E-state index in [1.54, 1.807) is 0 Å². The number of rotatable bonds is 4. The molecule has 0 aromatic heterocycles. The second kappa shape index (κ2) is 4.53. The molecular formula is C12H17N3O. The molecule has 0 saturated carbocycles. The number of carbonyl (C=O) groups excluding carboxylic acids is 1. The Bertz CT molecular complexity index is 415. The summed E-state index contributed by atoms with van der Waals surface area (Å²) >= 11 is 0. The second-order valence-corrected chi connectivity index (χ2v) is 4.03. The number of hydrogen-bond acceptors (Lipinski definition) is 3. The first-order chi connectivity index (χ1) is 7.72. The van der Waals surface area contributed by atoms with Crippen LogP contribution in [0.1, 0.15) is 21.5 Å². The summed E-state index contributed by atoms with van der Waals surface area (Å²) in [4.78, 5) is 11.5. The maximum atomic E-state index is 11.5. The molecule has 1 amide bonds. The minimum atomic E-state index is 0.0374. The SMILES string of the molecule is CNCCNc1cc(C)c2c(c1)C(=O)NC2. The third-order valence-corrected chi connectivity index (χ3v) is 2.85. The summed E-state index contributed by atoms with van der Waals surface area (Å²) in [6, 6.07) is 4.02. The van der Waals surface area contributed by atoms with Gasteiger partial charge in [-0.1, -0.05) is 0 Å². The molecule has 3 N–H and O–H groups in total. The summed E-state index contributed by atoms with van der Waals surface area (Å²) in [6.45, 7) is 4.47. The van der Waals surface area contributed by atoms with E-state index in [2.05, 4.69) is 22.0 Å². The van der Waals surface area contributed by atoms with Gasteiger partial charge in [-0.3, -0.25) is 4.79 Å². The van der Waals surface area contributed by atoms with Gasteiger partial charge in [-0.25, -0.2) is 0 Å². The molecule has 86 valence electrons. The van der Waals surface area contributed by atoms with Crippen LogP contribution in [-0.4, -0.2) is 26.0 Å². The minimum absolute atomic E-state index is 0.0374. The van der Waals surface area contributed by atoms with Crippen molar-refractivity contribution in [3.63, 3.8) is 0 Å². The highest BCUT2D eigenvalue weighted by Gasteiger charge is 2.20. The van der Waals surface area contributed by atoms with E-state index >= 15 is 0 Å². The van der Waals surface area contributed by atoms with Crippen molar-refractivity contribution in [2.45, 2.75) is 13.5 Å². The summed E-state index contributed by atoms with van der Waals surface area (Å²) in [5.41, 5.74) is 4.13. The van der Waals surface area contributed by atoms with Crippen molar-refractivity contribution in [1.82, 2.24) is 10.6 Å². The Morgan fingerprint density at radius 3 is 2.94 bits per heavy atom. The van der Waals surface area contributed by atoms with Gasteiger partial charge in [0, 0.05) is 30.9 Å². The molecule has 0 aliphatic carbocycles. The van der Waals surface area contributed by atoms with Crippen LogP contribution in [0.3, 0.4) is 0 Å². The highest BCUT2D eigenvalue weighted by molar-refractivity contribution is 5.99. The Balaban J connectivity index is 2.19. The molecule has 0 atom stereocenters. The third-order valence-electron chi connectivity index (χ3n) is 2.85. The molecule has 0 fully saturated rings. The molecular weight excluding hydrogens is 202 g/mol. The summed E-state index contributed by atoms with van der Waals surface area (Å²) in [6.07, 6.45) is 0. The number of amides is 1. The van der Waals surface area contributed by atoms with Gasteiger partial charge in [0.05, 0.1) is 0 Å². The van der Waals surface area contributed by atoms with E-state index in [1.807, 2.05) is 20.0 Å². The average molecular weight is 219 g/mol. The standard InChI is InChI=1S/C12H17N3O/c1-8-5-9(14-4-3-13-2)6-10-11(8)7-15-12(10)16/h5-6,13-14H,3-4,7H2,1-2H3,(H,15,16). The Morgan fingerprint density at radius 2 is 2.19 bits per heavy atom. The maximum absolute atomic E-state index is 11.5. The van der Waals surface area contributed by atoms with E-state index in [0.29, 0.717) is 6.54 Å². The molecule has 0 bridgehead atoms. The smallest absolute Gasteiger partial charge is 0.251 e. The molecule has 16 heavy (non-hydrogen) atoms. The Kier molecular flexibility index (Phi) is 3.10. The van der Waals surface area contributed by atoms with Crippen LogP contribution in [0, 0.1) is 6.92 Å². The van der Waals surface area contributed by atoms with Crippen molar-refractivity contribution in [2.24, 2.45) is 0 Å². The molecule has 0 unspecified atom stereocenters. The zero-order chi connectivity index (χ0) is 11.5. The van der Waals surface area contributed by atoms with Crippen molar-refractivity contribution in [2.75, 3.05) is 25.5 Å². The average Bonchev–Trinajstić information content (AvgIpc) is 2.62. The van der Waals surface area contributed by atoms with Crippen LogP contribution >= 0.6 is 0 Å². The van der Waals surface area contributed by atoms with E-state index in [4.69, 9.17) is 0 Å². The van der Waals surface area contributed by atoms with Crippen LogP contribution in [0.25, 0.3) is 0 Å². The molecule has 1 aliphatic heterocycles. The van der Waals surface area contributed by atoms with Gasteiger partial charge in [0.25, 0.3) is 5.91 Å². The van der Waals surface area contributed by atoms with Gasteiger partial charge in [0.15, 0.2) is 0 Å². The Morgan fingerprint density at radius 1 is 1.38 bits per heavy atom. The van der Waals surface area contributed by atoms with Gasteiger partial charge in [0.1, 0.15) is 0 Å². The molecule has 2 rings (SSSR count). The van der Waals surface area contributed by atoms with Crippen molar-refractivity contribution in [3.8, 4) is 0 Å². The summed E-state index contributed by atoms with van der Waals surface area (Å²) < 4.78 is 0. The van der Waals surface area contributed by atoms with Crippen LogP contribution in [-0.2, 0) is 6.54 Å². The Labute approximate surface area is 95.4 Å². The summed E-state index contributed by atoms with van der Waals surface area (Å²) in [5.74, 6) is 0.0374. The van der Waals surface area contributed by atoms with Crippen molar-refractivity contribution < 1.29 is 4.79 Å². The fourth-order valence-corrected chi connectivity index (χ4v) is 1.95. The first-order valence-corrected chi connectivity index (χ1v) is 5.52. The van der Waals surface area contributed by atoms with Crippen LogP contribution in [0.15, 0.2) is 12.1 Å². The number of carbonyl (C=O) groups is 1. The summed E-state index contributed by atoms with van der Waals surface area (Å²) in [5, 5.41) is 9.21. The maximum Gasteiger partial charge on any atom is 0.251 e. The van der Waals surface area contributed by atoms with Crippen LogP contribution in [0.5, 0.6) is 0 Å². The fourth-order valence-electron chi connectivity index (χ4n) is 1.95. The molecule has 1 heterocycles. The fraction of sp³-hybridized carbons (Fsp3) is 0.417. The van der Waals surface area contributed by atoms with E-state index in [0.717, 1.165) is 29.9 Å². The van der Waals surface area contributed by atoms with E-state index in [-0.39, 0.29) is 5.91 Å². The lowest BCUT2D eigenvalue weighted by atomic mass is 10.0. The first kappa shape index (κ1) is 11.0. The molecule has 0 radical (unpaired) electrons. The topological polar surface area (TPSA) is 53.2 Å². The predicted molar refractivity (Wildman–Crippen MR) is 64.8 cm³/mol.